The lowest BCUT2D eigenvalue weighted by atomic mass is 9.91. The van der Waals surface area contributed by atoms with E-state index < -0.39 is 6.10 Å². The summed E-state index contributed by atoms with van der Waals surface area (Å²) in [5, 5.41) is 9.72. The summed E-state index contributed by atoms with van der Waals surface area (Å²) in [6.45, 7) is 2.44. The molecule has 0 fully saturated rings. The highest BCUT2D eigenvalue weighted by molar-refractivity contribution is 5.34. The molecule has 112 valence electrons. The number of ether oxygens (including phenoxy) is 1. The third-order valence-electron chi connectivity index (χ3n) is 3.65. The van der Waals surface area contributed by atoms with Gasteiger partial charge in [0, 0.05) is 6.54 Å². The van der Waals surface area contributed by atoms with Gasteiger partial charge < -0.3 is 15.6 Å². The second kappa shape index (κ2) is 7.81. The molecule has 3 heteroatoms. The van der Waals surface area contributed by atoms with Crippen molar-refractivity contribution in [3.05, 3.63) is 60.2 Å². The Morgan fingerprint density at radius 3 is 2.19 bits per heavy atom. The highest BCUT2D eigenvalue weighted by Gasteiger charge is 2.14. The molecule has 0 radical (unpaired) electrons. The maximum atomic E-state index is 9.72. The van der Waals surface area contributed by atoms with Crippen LogP contribution in [0, 0.1) is 0 Å². The summed E-state index contributed by atoms with van der Waals surface area (Å²) in [5.74, 6) is 1.98. The predicted octanol–water partition coefficient (Wildman–Crippen LogP) is 3.68. The zero-order valence-electron chi connectivity index (χ0n) is 12.4. The first kappa shape index (κ1) is 15.5. The Kier molecular flexibility index (Phi) is 5.78. The van der Waals surface area contributed by atoms with Crippen LogP contribution in [0.5, 0.6) is 11.5 Å². The minimum atomic E-state index is -0.435. The minimum Gasteiger partial charge on any atom is -0.457 e. The fraction of sp³-hybridized carbons (Fsp3) is 0.333. The number of hydrogen-bond acceptors (Lipinski definition) is 3. The van der Waals surface area contributed by atoms with E-state index in [1.165, 1.54) is 5.56 Å². The van der Waals surface area contributed by atoms with Gasteiger partial charge in [-0.15, -0.1) is 0 Å². The number of nitrogens with two attached hydrogens (primary N) is 1. The molecular weight excluding hydrogens is 262 g/mol. The molecule has 0 bridgehead atoms. The molecule has 0 aliphatic rings. The van der Waals surface area contributed by atoms with Crippen LogP contribution in [0.4, 0.5) is 0 Å². The van der Waals surface area contributed by atoms with E-state index in [0.29, 0.717) is 18.9 Å². The number of benzene rings is 2. The van der Waals surface area contributed by atoms with Crippen molar-refractivity contribution in [2.24, 2.45) is 5.73 Å². The third-order valence-corrected chi connectivity index (χ3v) is 3.65. The molecular formula is C18H23NO2. The van der Waals surface area contributed by atoms with Crippen LogP contribution in [0.3, 0.4) is 0 Å². The minimum absolute atomic E-state index is 0.311. The van der Waals surface area contributed by atoms with Crippen molar-refractivity contribution in [3.63, 3.8) is 0 Å². The molecule has 0 spiro atoms. The van der Waals surface area contributed by atoms with Gasteiger partial charge >= 0.3 is 0 Å². The molecule has 2 aromatic rings. The van der Waals surface area contributed by atoms with Gasteiger partial charge in [-0.05, 0) is 48.6 Å². The third kappa shape index (κ3) is 4.59. The first-order chi connectivity index (χ1) is 10.2. The monoisotopic (exact) mass is 285 g/mol. The van der Waals surface area contributed by atoms with Crippen LogP contribution in [-0.2, 0) is 0 Å². The molecule has 21 heavy (non-hydrogen) atoms. The van der Waals surface area contributed by atoms with Crippen molar-refractivity contribution in [3.8, 4) is 11.5 Å². The summed E-state index contributed by atoms with van der Waals surface area (Å²) in [4.78, 5) is 0. The normalized spacial score (nSPS) is 13.7. The zero-order chi connectivity index (χ0) is 15.1. The van der Waals surface area contributed by atoms with Crippen molar-refractivity contribution in [1.29, 1.82) is 0 Å². The summed E-state index contributed by atoms with van der Waals surface area (Å²) in [6.07, 6.45) is 1.25. The molecule has 2 unspecified atom stereocenters. The lowest BCUT2D eigenvalue weighted by molar-refractivity contribution is 0.162. The Hall–Kier alpha value is -1.84. The first-order valence-corrected chi connectivity index (χ1v) is 7.44. The van der Waals surface area contributed by atoms with Crippen molar-refractivity contribution in [2.75, 3.05) is 6.54 Å². The zero-order valence-corrected chi connectivity index (χ0v) is 12.4. The molecule has 2 aromatic carbocycles. The van der Waals surface area contributed by atoms with Gasteiger partial charge in [-0.25, -0.2) is 0 Å². The van der Waals surface area contributed by atoms with E-state index in [9.17, 15) is 5.11 Å². The van der Waals surface area contributed by atoms with Gasteiger partial charge in [0.15, 0.2) is 0 Å². The number of aliphatic hydroxyl groups excluding tert-OH is 1. The van der Waals surface area contributed by atoms with Crippen molar-refractivity contribution in [2.45, 2.75) is 31.8 Å². The van der Waals surface area contributed by atoms with E-state index >= 15 is 0 Å². The van der Waals surface area contributed by atoms with Gasteiger partial charge in [-0.3, -0.25) is 0 Å². The molecule has 0 aliphatic carbocycles. The Bertz CT molecular complexity index is 525. The lowest BCUT2D eigenvalue weighted by Gasteiger charge is -2.18. The SMILES string of the molecule is CCC(CC(O)CN)c1ccc(Oc2ccccc2)cc1. The summed E-state index contributed by atoms with van der Waals surface area (Å²) < 4.78 is 5.78. The topological polar surface area (TPSA) is 55.5 Å². The average Bonchev–Trinajstić information content (AvgIpc) is 2.54. The number of rotatable bonds is 7. The van der Waals surface area contributed by atoms with Crippen molar-refractivity contribution >= 4 is 0 Å². The fourth-order valence-electron chi connectivity index (χ4n) is 2.40. The molecule has 0 aliphatic heterocycles. The van der Waals surface area contributed by atoms with Gasteiger partial charge in [0.25, 0.3) is 0 Å². The van der Waals surface area contributed by atoms with E-state index in [1.807, 2.05) is 42.5 Å². The van der Waals surface area contributed by atoms with Crippen LogP contribution in [-0.4, -0.2) is 17.8 Å². The van der Waals surface area contributed by atoms with Gasteiger partial charge in [0.2, 0.25) is 0 Å². The van der Waals surface area contributed by atoms with E-state index in [0.717, 1.165) is 17.9 Å². The Morgan fingerprint density at radius 2 is 1.62 bits per heavy atom. The van der Waals surface area contributed by atoms with Crippen LogP contribution in [0.25, 0.3) is 0 Å². The van der Waals surface area contributed by atoms with Crippen LogP contribution in [0.2, 0.25) is 0 Å². The van der Waals surface area contributed by atoms with Gasteiger partial charge in [0.1, 0.15) is 11.5 Å². The Morgan fingerprint density at radius 1 is 1.00 bits per heavy atom. The molecule has 0 heterocycles. The van der Waals surface area contributed by atoms with Crippen LogP contribution in [0.15, 0.2) is 54.6 Å². The smallest absolute Gasteiger partial charge is 0.127 e. The van der Waals surface area contributed by atoms with E-state index in [1.54, 1.807) is 0 Å². The second-order valence-electron chi connectivity index (χ2n) is 5.21. The number of aliphatic hydroxyl groups is 1. The largest absolute Gasteiger partial charge is 0.457 e. The van der Waals surface area contributed by atoms with Crippen molar-refractivity contribution < 1.29 is 9.84 Å². The molecule has 2 rings (SSSR count). The number of hydrogen-bond donors (Lipinski definition) is 2. The molecule has 0 saturated heterocycles. The molecule has 0 aromatic heterocycles. The van der Waals surface area contributed by atoms with Gasteiger partial charge in [-0.2, -0.15) is 0 Å². The maximum absolute atomic E-state index is 9.72. The predicted molar refractivity (Wildman–Crippen MR) is 85.7 cm³/mol. The number of para-hydroxylation sites is 1. The molecule has 0 amide bonds. The summed E-state index contributed by atoms with van der Waals surface area (Å²) in [5.41, 5.74) is 6.71. The quantitative estimate of drug-likeness (QED) is 0.816. The highest BCUT2D eigenvalue weighted by Crippen LogP contribution is 2.28. The molecule has 0 saturated carbocycles. The van der Waals surface area contributed by atoms with Crippen LogP contribution < -0.4 is 10.5 Å². The molecule has 2 atom stereocenters. The van der Waals surface area contributed by atoms with Gasteiger partial charge in [-0.1, -0.05) is 37.3 Å². The lowest BCUT2D eigenvalue weighted by Crippen LogP contribution is -2.22. The summed E-state index contributed by atoms with van der Waals surface area (Å²) in [7, 11) is 0. The average molecular weight is 285 g/mol. The van der Waals surface area contributed by atoms with Crippen LogP contribution >= 0.6 is 0 Å². The fourth-order valence-corrected chi connectivity index (χ4v) is 2.40. The molecule has 3 N–H and O–H groups in total. The summed E-state index contributed by atoms with van der Waals surface area (Å²) in [6, 6.07) is 17.8. The van der Waals surface area contributed by atoms with Crippen LogP contribution in [0.1, 0.15) is 31.2 Å². The highest BCUT2D eigenvalue weighted by atomic mass is 16.5. The van der Waals surface area contributed by atoms with E-state index in [2.05, 4.69) is 19.1 Å². The maximum Gasteiger partial charge on any atom is 0.127 e. The second-order valence-corrected chi connectivity index (χ2v) is 5.21. The first-order valence-electron chi connectivity index (χ1n) is 7.44. The van der Waals surface area contributed by atoms with Crippen molar-refractivity contribution in [1.82, 2.24) is 0 Å². The summed E-state index contributed by atoms with van der Waals surface area (Å²) >= 11 is 0. The van der Waals surface area contributed by atoms with E-state index in [-0.39, 0.29) is 0 Å². The van der Waals surface area contributed by atoms with E-state index in [4.69, 9.17) is 10.5 Å². The Balaban J connectivity index is 2.03. The Labute approximate surface area is 126 Å². The molecule has 3 nitrogen and oxygen atoms in total. The standard InChI is InChI=1S/C18H23NO2/c1-2-14(12-16(20)13-19)15-8-10-18(11-9-15)21-17-6-4-3-5-7-17/h3-11,14,16,20H,2,12-13,19H2,1H3. The van der Waals surface area contributed by atoms with Gasteiger partial charge in [0.05, 0.1) is 6.10 Å².